The second kappa shape index (κ2) is 6.87. The van der Waals surface area contributed by atoms with Crippen LogP contribution in [-0.2, 0) is 0 Å². The van der Waals surface area contributed by atoms with Gasteiger partial charge in [0.1, 0.15) is 11.9 Å². The fourth-order valence-electron chi connectivity index (χ4n) is 1.51. The zero-order valence-corrected chi connectivity index (χ0v) is 10.3. The minimum Gasteiger partial charge on any atom is -0.428 e. The Kier molecular flexibility index (Phi) is 5.73. The molecule has 20 heavy (non-hydrogen) atoms. The fraction of sp³-hybridized carbons (Fsp3) is 0.500. The average molecular weight is 297 g/mol. The maximum absolute atomic E-state index is 12.7. The molecular formula is C12H15F4NO3. The molecule has 1 aromatic rings. The molecule has 0 aliphatic heterocycles. The van der Waals surface area contributed by atoms with Crippen LogP contribution in [0, 0.1) is 0 Å². The molecule has 0 saturated carbocycles. The van der Waals surface area contributed by atoms with Crippen molar-refractivity contribution in [2.75, 3.05) is 6.54 Å². The van der Waals surface area contributed by atoms with E-state index in [1.54, 1.807) is 0 Å². The molecule has 114 valence electrons. The average Bonchev–Trinajstić information content (AvgIpc) is 2.37. The van der Waals surface area contributed by atoms with Crippen molar-refractivity contribution in [3.63, 3.8) is 0 Å². The first kappa shape index (κ1) is 16.7. The molecule has 4 N–H and O–H groups in total. The number of hydrogen-bond acceptors (Lipinski definition) is 4. The molecule has 0 aromatic heterocycles. The molecule has 2 atom stereocenters. The minimum atomic E-state index is -4.63. The highest BCUT2D eigenvalue weighted by molar-refractivity contribution is 5.30. The van der Waals surface area contributed by atoms with Crippen molar-refractivity contribution in [2.24, 2.45) is 5.73 Å². The van der Waals surface area contributed by atoms with Gasteiger partial charge < -0.3 is 20.7 Å². The molecule has 1 rings (SSSR count). The highest BCUT2D eigenvalue weighted by Crippen LogP contribution is 2.29. The summed E-state index contributed by atoms with van der Waals surface area (Å²) in [7, 11) is 0. The second-order valence-corrected chi connectivity index (χ2v) is 4.13. The molecule has 4 nitrogen and oxygen atoms in total. The number of alkyl halides is 4. The molecule has 8 heteroatoms. The number of benzene rings is 1. The zero-order valence-electron chi connectivity index (χ0n) is 10.3. The Balaban J connectivity index is 2.85. The lowest BCUT2D eigenvalue weighted by atomic mass is 10.0. The SMILES string of the molecule is NCCC(O)C(O)c1cccc(OC(F)(F)C(F)F)c1. The molecule has 1 aromatic carbocycles. The van der Waals surface area contributed by atoms with E-state index in [9.17, 15) is 27.8 Å². The third-order valence-electron chi connectivity index (χ3n) is 2.53. The van der Waals surface area contributed by atoms with E-state index in [2.05, 4.69) is 4.74 Å². The van der Waals surface area contributed by atoms with Gasteiger partial charge in [-0.25, -0.2) is 0 Å². The summed E-state index contributed by atoms with van der Waals surface area (Å²) >= 11 is 0. The first-order valence-corrected chi connectivity index (χ1v) is 5.79. The Morgan fingerprint density at radius 3 is 2.45 bits per heavy atom. The van der Waals surface area contributed by atoms with Gasteiger partial charge in [0.15, 0.2) is 0 Å². The predicted octanol–water partition coefficient (Wildman–Crippen LogP) is 1.67. The van der Waals surface area contributed by atoms with Gasteiger partial charge in [0, 0.05) is 0 Å². The van der Waals surface area contributed by atoms with Gasteiger partial charge in [-0.1, -0.05) is 12.1 Å². The molecule has 0 amide bonds. The van der Waals surface area contributed by atoms with Gasteiger partial charge >= 0.3 is 12.5 Å². The second-order valence-electron chi connectivity index (χ2n) is 4.13. The van der Waals surface area contributed by atoms with E-state index < -0.39 is 30.5 Å². The van der Waals surface area contributed by atoms with Crippen molar-refractivity contribution in [3.05, 3.63) is 29.8 Å². The lowest BCUT2D eigenvalue weighted by molar-refractivity contribution is -0.253. The summed E-state index contributed by atoms with van der Waals surface area (Å²) in [5, 5.41) is 19.3. The van der Waals surface area contributed by atoms with Crippen molar-refractivity contribution in [1.82, 2.24) is 0 Å². The van der Waals surface area contributed by atoms with Gasteiger partial charge in [-0.05, 0) is 30.7 Å². The highest BCUT2D eigenvalue weighted by Gasteiger charge is 2.44. The Morgan fingerprint density at radius 1 is 1.25 bits per heavy atom. The Labute approximate surface area is 112 Å². The van der Waals surface area contributed by atoms with Gasteiger partial charge in [-0.3, -0.25) is 0 Å². The van der Waals surface area contributed by atoms with Crippen LogP contribution in [0.4, 0.5) is 17.6 Å². The quantitative estimate of drug-likeness (QED) is 0.669. The fourth-order valence-corrected chi connectivity index (χ4v) is 1.51. The normalized spacial score (nSPS) is 15.2. The molecule has 0 heterocycles. The van der Waals surface area contributed by atoms with Gasteiger partial charge in [0.25, 0.3) is 0 Å². The van der Waals surface area contributed by atoms with E-state index >= 15 is 0 Å². The van der Waals surface area contributed by atoms with E-state index in [4.69, 9.17) is 5.73 Å². The van der Waals surface area contributed by atoms with Gasteiger partial charge in [0.2, 0.25) is 0 Å². The molecule has 0 aliphatic rings. The van der Waals surface area contributed by atoms with Crippen molar-refractivity contribution in [1.29, 1.82) is 0 Å². The first-order chi connectivity index (χ1) is 9.27. The minimum absolute atomic E-state index is 0.0634. The third-order valence-corrected chi connectivity index (χ3v) is 2.53. The lowest BCUT2D eigenvalue weighted by Gasteiger charge is -2.20. The molecule has 0 bridgehead atoms. The van der Waals surface area contributed by atoms with Crippen LogP contribution >= 0.6 is 0 Å². The molecule has 0 spiro atoms. The zero-order chi connectivity index (χ0) is 15.3. The van der Waals surface area contributed by atoms with Crippen LogP contribution in [0.15, 0.2) is 24.3 Å². The number of aliphatic hydroxyl groups excluding tert-OH is 2. The maximum atomic E-state index is 12.7. The van der Waals surface area contributed by atoms with Crippen molar-refractivity contribution < 1.29 is 32.5 Å². The van der Waals surface area contributed by atoms with Crippen molar-refractivity contribution in [3.8, 4) is 5.75 Å². The molecule has 0 fully saturated rings. The van der Waals surface area contributed by atoms with Crippen LogP contribution in [0.5, 0.6) is 5.75 Å². The van der Waals surface area contributed by atoms with Crippen LogP contribution < -0.4 is 10.5 Å². The van der Waals surface area contributed by atoms with Crippen LogP contribution in [0.25, 0.3) is 0 Å². The van der Waals surface area contributed by atoms with E-state index in [1.165, 1.54) is 12.1 Å². The topological polar surface area (TPSA) is 75.7 Å². The van der Waals surface area contributed by atoms with Crippen molar-refractivity contribution in [2.45, 2.75) is 31.2 Å². The van der Waals surface area contributed by atoms with E-state index in [-0.39, 0.29) is 18.5 Å². The van der Waals surface area contributed by atoms with Gasteiger partial charge in [0.05, 0.1) is 6.10 Å². The Morgan fingerprint density at radius 2 is 1.90 bits per heavy atom. The summed E-state index contributed by atoms with van der Waals surface area (Å²) in [6.45, 7) is 0.123. The van der Waals surface area contributed by atoms with Gasteiger partial charge in [-0.15, -0.1) is 0 Å². The van der Waals surface area contributed by atoms with E-state index in [1.807, 2.05) is 0 Å². The van der Waals surface area contributed by atoms with E-state index in [0.29, 0.717) is 0 Å². The van der Waals surface area contributed by atoms with Crippen LogP contribution in [0.1, 0.15) is 18.1 Å². The number of nitrogens with two attached hydrogens (primary N) is 1. The summed E-state index contributed by atoms with van der Waals surface area (Å²) in [6, 6.07) is 4.59. The van der Waals surface area contributed by atoms with Crippen LogP contribution in [0.3, 0.4) is 0 Å². The maximum Gasteiger partial charge on any atom is 0.461 e. The Bertz CT molecular complexity index is 431. The summed E-state index contributed by atoms with van der Waals surface area (Å²) in [5.41, 5.74) is 5.28. The number of aliphatic hydroxyl groups is 2. The number of ether oxygens (including phenoxy) is 1. The van der Waals surface area contributed by atoms with Crippen LogP contribution in [0.2, 0.25) is 0 Å². The molecule has 0 saturated heterocycles. The standard InChI is InChI=1S/C12H15F4NO3/c13-11(14)12(15,16)20-8-3-1-2-7(6-8)10(19)9(18)4-5-17/h1-3,6,9-11,18-19H,4-5,17H2. The lowest BCUT2D eigenvalue weighted by Crippen LogP contribution is -2.33. The summed E-state index contributed by atoms with van der Waals surface area (Å²) in [4.78, 5) is 0. The summed E-state index contributed by atoms with van der Waals surface area (Å²) < 4.78 is 53.4. The largest absolute Gasteiger partial charge is 0.461 e. The predicted molar refractivity (Wildman–Crippen MR) is 62.7 cm³/mol. The van der Waals surface area contributed by atoms with Crippen molar-refractivity contribution >= 4 is 0 Å². The van der Waals surface area contributed by atoms with E-state index in [0.717, 1.165) is 12.1 Å². The highest BCUT2D eigenvalue weighted by atomic mass is 19.3. The smallest absolute Gasteiger partial charge is 0.428 e. The summed E-state index contributed by atoms with van der Waals surface area (Å²) in [6.07, 6.45) is -11.1. The number of hydrogen-bond donors (Lipinski definition) is 3. The molecule has 0 aliphatic carbocycles. The molecule has 0 radical (unpaired) electrons. The Hall–Kier alpha value is -1.38. The number of rotatable bonds is 7. The van der Waals surface area contributed by atoms with Crippen LogP contribution in [-0.4, -0.2) is 35.4 Å². The molecule has 2 unspecified atom stereocenters. The number of halogens is 4. The summed E-state index contributed by atoms with van der Waals surface area (Å²) in [5.74, 6) is -0.535. The monoisotopic (exact) mass is 297 g/mol. The third kappa shape index (κ3) is 4.32. The first-order valence-electron chi connectivity index (χ1n) is 5.79. The molecular weight excluding hydrogens is 282 g/mol. The van der Waals surface area contributed by atoms with Gasteiger partial charge in [-0.2, -0.15) is 17.6 Å².